The number of hydrogen-bond donors (Lipinski definition) is 1. The molecular weight excluding hydrogens is 389 g/mol. The van der Waals surface area contributed by atoms with E-state index < -0.39 is 5.97 Å². The molecule has 0 heterocycles. The molecule has 3 heteroatoms. The zero-order chi connectivity index (χ0) is 12.2. The second-order valence-corrected chi connectivity index (χ2v) is 10.9. The first kappa shape index (κ1) is 14.5. The van der Waals surface area contributed by atoms with Crippen molar-refractivity contribution < 1.29 is 36.0 Å². The molecule has 0 saturated heterocycles. The van der Waals surface area contributed by atoms with E-state index in [9.17, 15) is 4.79 Å². The van der Waals surface area contributed by atoms with E-state index in [0.717, 1.165) is 11.8 Å². The number of carboxylic acids is 1. The predicted molar refractivity (Wildman–Crippen MR) is 61.0 cm³/mol. The normalized spacial score (nSPS) is 30.1. The standard InChI is InChI=1S/C13H23O2.Hg/c1-3-5-6-7-10(4-2)12-8-11(12)9-13(14)15;/h10,12H,3-9H2,1-2H3,(H,14,15);. The van der Waals surface area contributed by atoms with Crippen molar-refractivity contribution >= 4 is 5.97 Å². The molecular formula is C13H23HgO2. The fraction of sp³-hybridized carbons (Fsp3) is 0.923. The van der Waals surface area contributed by atoms with Gasteiger partial charge in [0.25, 0.3) is 0 Å². The molecule has 89 valence electrons. The number of rotatable bonds is 8. The van der Waals surface area contributed by atoms with Gasteiger partial charge in [0.1, 0.15) is 0 Å². The number of aliphatic carboxylic acids is 1. The summed E-state index contributed by atoms with van der Waals surface area (Å²) in [4.78, 5) is 10.8. The van der Waals surface area contributed by atoms with Crippen LogP contribution in [0.5, 0.6) is 0 Å². The molecule has 3 atom stereocenters. The van der Waals surface area contributed by atoms with Crippen molar-refractivity contribution in [1.29, 1.82) is 0 Å². The molecule has 2 nitrogen and oxygen atoms in total. The zero-order valence-electron chi connectivity index (χ0n) is 10.7. The Morgan fingerprint density at radius 1 is 1.50 bits per heavy atom. The van der Waals surface area contributed by atoms with Crippen molar-refractivity contribution in [3.8, 4) is 0 Å². The molecule has 0 amide bonds. The van der Waals surface area contributed by atoms with E-state index in [4.69, 9.17) is 5.11 Å². The molecule has 0 aliphatic heterocycles. The van der Waals surface area contributed by atoms with E-state index in [1.807, 2.05) is 0 Å². The first-order chi connectivity index (χ1) is 7.53. The van der Waals surface area contributed by atoms with Gasteiger partial charge in [-0.25, -0.2) is 0 Å². The van der Waals surface area contributed by atoms with Gasteiger partial charge in [-0.2, -0.15) is 0 Å². The Balaban J connectivity index is 2.36. The summed E-state index contributed by atoms with van der Waals surface area (Å²) in [7, 11) is 0. The number of unbranched alkanes of at least 4 members (excludes halogenated alkanes) is 2. The van der Waals surface area contributed by atoms with Crippen molar-refractivity contribution in [2.24, 2.45) is 11.8 Å². The average Bonchev–Trinajstić information content (AvgIpc) is 2.83. The van der Waals surface area contributed by atoms with Crippen LogP contribution in [0.1, 0.15) is 58.8 Å². The van der Waals surface area contributed by atoms with Gasteiger partial charge in [0.05, 0.1) is 0 Å². The average molecular weight is 412 g/mol. The van der Waals surface area contributed by atoms with Crippen LogP contribution in [0, 0.1) is 11.8 Å². The van der Waals surface area contributed by atoms with E-state index in [1.165, 1.54) is 38.5 Å². The van der Waals surface area contributed by atoms with Crippen LogP contribution in [0.4, 0.5) is 0 Å². The molecule has 0 aromatic carbocycles. The van der Waals surface area contributed by atoms with E-state index in [2.05, 4.69) is 13.8 Å². The molecule has 1 fully saturated rings. The zero-order valence-corrected chi connectivity index (χ0v) is 16.2. The Kier molecular flexibility index (Phi) is 5.76. The topological polar surface area (TPSA) is 37.3 Å². The van der Waals surface area contributed by atoms with Crippen LogP contribution in [-0.2, 0) is 30.9 Å². The quantitative estimate of drug-likeness (QED) is 0.487. The maximum atomic E-state index is 10.8. The van der Waals surface area contributed by atoms with Crippen LogP contribution in [0.2, 0.25) is 2.92 Å². The molecule has 0 aromatic rings. The molecule has 0 radical (unpaired) electrons. The molecule has 1 N–H and O–H groups in total. The van der Waals surface area contributed by atoms with Crippen LogP contribution in [0.15, 0.2) is 0 Å². The Morgan fingerprint density at radius 3 is 2.69 bits per heavy atom. The van der Waals surface area contributed by atoms with Gasteiger partial charge in [-0.15, -0.1) is 0 Å². The summed E-state index contributed by atoms with van der Waals surface area (Å²) in [5.41, 5.74) is 0. The van der Waals surface area contributed by atoms with Gasteiger partial charge in [-0.05, 0) is 0 Å². The fourth-order valence-corrected chi connectivity index (χ4v) is 6.23. The summed E-state index contributed by atoms with van der Waals surface area (Å²) in [5.74, 6) is 0.984. The molecule has 1 aliphatic carbocycles. The van der Waals surface area contributed by atoms with Crippen LogP contribution in [-0.4, -0.2) is 11.1 Å². The van der Waals surface area contributed by atoms with E-state index in [1.54, 1.807) is 0 Å². The number of hydrogen-bond acceptors (Lipinski definition) is 1. The van der Waals surface area contributed by atoms with E-state index in [-0.39, 0.29) is 0 Å². The molecule has 1 saturated carbocycles. The Labute approximate surface area is 115 Å². The third-order valence-electron chi connectivity index (χ3n) is 4.03. The summed E-state index contributed by atoms with van der Waals surface area (Å²) < 4.78 is 0.304. The number of carboxylic acid groups (broad SMARTS) is 1. The van der Waals surface area contributed by atoms with Crippen molar-refractivity contribution in [3.63, 3.8) is 0 Å². The molecule has 0 aromatic heterocycles. The molecule has 1 aliphatic rings. The summed E-state index contributed by atoms with van der Waals surface area (Å²) in [6.45, 7) is 4.51. The summed E-state index contributed by atoms with van der Waals surface area (Å²) in [5, 5.41) is 8.91. The molecule has 16 heavy (non-hydrogen) atoms. The SMILES string of the molecule is CCCCCC(CC)C1C[C]1([Hg])CC(=O)O. The summed E-state index contributed by atoms with van der Waals surface area (Å²) in [6.07, 6.45) is 8.19. The first-order valence-corrected chi connectivity index (χ1v) is 9.35. The molecule has 3 unspecified atom stereocenters. The van der Waals surface area contributed by atoms with Gasteiger partial charge < -0.3 is 0 Å². The third-order valence-corrected chi connectivity index (χ3v) is 8.16. The monoisotopic (exact) mass is 413 g/mol. The van der Waals surface area contributed by atoms with Crippen LogP contribution < -0.4 is 0 Å². The summed E-state index contributed by atoms with van der Waals surface area (Å²) in [6, 6.07) is 0. The second-order valence-electron chi connectivity index (χ2n) is 5.41. The van der Waals surface area contributed by atoms with Crippen molar-refractivity contribution in [2.45, 2.75) is 61.7 Å². The van der Waals surface area contributed by atoms with Crippen molar-refractivity contribution in [3.05, 3.63) is 0 Å². The van der Waals surface area contributed by atoms with Gasteiger partial charge in [0, 0.05) is 0 Å². The fourth-order valence-electron chi connectivity index (χ4n) is 2.90. The Hall–Kier alpha value is 0.405. The molecule has 1 rings (SSSR count). The molecule has 0 spiro atoms. The Morgan fingerprint density at radius 2 is 2.19 bits per heavy atom. The van der Waals surface area contributed by atoms with Crippen LogP contribution in [0.3, 0.4) is 0 Å². The van der Waals surface area contributed by atoms with Crippen molar-refractivity contribution in [1.82, 2.24) is 0 Å². The van der Waals surface area contributed by atoms with E-state index in [0.29, 0.717) is 35.5 Å². The maximum absolute atomic E-state index is 10.8. The predicted octanol–water partition coefficient (Wildman–Crippen LogP) is 3.79. The minimum atomic E-state index is -0.582. The first-order valence-electron chi connectivity index (χ1n) is 6.60. The Bertz CT molecular complexity index is 242. The summed E-state index contributed by atoms with van der Waals surface area (Å²) >= 11 is 0.613. The van der Waals surface area contributed by atoms with Gasteiger partial charge in [0.2, 0.25) is 0 Å². The minimum absolute atomic E-state index is 0.304. The second kappa shape index (κ2) is 6.37. The van der Waals surface area contributed by atoms with Gasteiger partial charge in [-0.1, -0.05) is 0 Å². The molecule has 0 bridgehead atoms. The van der Waals surface area contributed by atoms with Gasteiger partial charge >= 0.3 is 116 Å². The number of carbonyl (C=O) groups is 1. The van der Waals surface area contributed by atoms with Crippen LogP contribution in [0.25, 0.3) is 0 Å². The van der Waals surface area contributed by atoms with Crippen molar-refractivity contribution in [2.75, 3.05) is 0 Å². The van der Waals surface area contributed by atoms with Crippen LogP contribution >= 0.6 is 0 Å². The van der Waals surface area contributed by atoms with Gasteiger partial charge in [-0.3, -0.25) is 0 Å². The third kappa shape index (κ3) is 4.01. The van der Waals surface area contributed by atoms with Gasteiger partial charge in [0.15, 0.2) is 0 Å². The van der Waals surface area contributed by atoms with E-state index >= 15 is 0 Å².